The first kappa shape index (κ1) is 18.9. The second-order valence-corrected chi connectivity index (χ2v) is 6.56. The number of benzene rings is 2. The molecule has 1 heterocycles. The lowest BCUT2D eigenvalue weighted by Gasteiger charge is -2.24. The molecule has 1 amide bonds. The minimum atomic E-state index is -0.561. The van der Waals surface area contributed by atoms with Crippen LogP contribution in [0.3, 0.4) is 0 Å². The van der Waals surface area contributed by atoms with Crippen molar-refractivity contribution in [2.75, 3.05) is 18.0 Å². The molecule has 2 aromatic rings. The number of hydrogen-bond acceptors (Lipinski definition) is 4. The van der Waals surface area contributed by atoms with Crippen LogP contribution in [0.25, 0.3) is 0 Å². The standard InChI is InChI=1S/C22H24N2O3/c23-15-18-11-12-24(20-9-5-2-6-10-20)22(26)19(13-18)14-21(25)27-16-17-7-3-1-4-8-17/h1-10,13,19H,11-12,14-16,23H2. The molecule has 0 aromatic heterocycles. The highest BCUT2D eigenvalue weighted by atomic mass is 16.5. The van der Waals surface area contributed by atoms with Crippen LogP contribution in [0.15, 0.2) is 72.3 Å². The van der Waals surface area contributed by atoms with E-state index >= 15 is 0 Å². The zero-order chi connectivity index (χ0) is 19.1. The summed E-state index contributed by atoms with van der Waals surface area (Å²) in [5.74, 6) is -1.05. The summed E-state index contributed by atoms with van der Waals surface area (Å²) in [6.07, 6.45) is 2.56. The summed E-state index contributed by atoms with van der Waals surface area (Å²) < 4.78 is 5.36. The third-order valence-corrected chi connectivity index (χ3v) is 4.64. The van der Waals surface area contributed by atoms with Crippen molar-refractivity contribution in [1.82, 2.24) is 0 Å². The van der Waals surface area contributed by atoms with E-state index in [-0.39, 0.29) is 24.9 Å². The number of nitrogens with two attached hydrogens (primary N) is 1. The number of hydrogen-bond donors (Lipinski definition) is 1. The Kier molecular flexibility index (Phi) is 6.39. The number of esters is 1. The van der Waals surface area contributed by atoms with E-state index in [0.717, 1.165) is 16.8 Å². The van der Waals surface area contributed by atoms with Gasteiger partial charge in [0.05, 0.1) is 12.3 Å². The lowest BCUT2D eigenvalue weighted by atomic mass is 10.0. The van der Waals surface area contributed by atoms with Crippen LogP contribution in [-0.2, 0) is 20.9 Å². The first-order chi connectivity index (χ1) is 13.2. The first-order valence-electron chi connectivity index (χ1n) is 9.13. The Balaban J connectivity index is 1.70. The van der Waals surface area contributed by atoms with Gasteiger partial charge in [0, 0.05) is 18.8 Å². The summed E-state index contributed by atoms with van der Waals surface area (Å²) in [5.41, 5.74) is 8.55. The van der Waals surface area contributed by atoms with E-state index < -0.39 is 5.92 Å². The first-order valence-corrected chi connectivity index (χ1v) is 9.13. The van der Waals surface area contributed by atoms with Gasteiger partial charge in [-0.25, -0.2) is 0 Å². The molecule has 5 nitrogen and oxygen atoms in total. The van der Waals surface area contributed by atoms with Gasteiger partial charge in [-0.1, -0.05) is 60.2 Å². The largest absolute Gasteiger partial charge is 0.461 e. The van der Waals surface area contributed by atoms with Crippen LogP contribution in [0, 0.1) is 5.92 Å². The molecule has 0 bridgehead atoms. The number of para-hydroxylation sites is 1. The van der Waals surface area contributed by atoms with Crippen LogP contribution in [-0.4, -0.2) is 25.0 Å². The summed E-state index contributed by atoms with van der Waals surface area (Å²) in [4.78, 5) is 27.1. The normalized spacial score (nSPS) is 17.2. The van der Waals surface area contributed by atoms with Gasteiger partial charge in [0.25, 0.3) is 0 Å². The topological polar surface area (TPSA) is 72.6 Å². The molecule has 140 valence electrons. The molecule has 2 N–H and O–H groups in total. The second kappa shape index (κ2) is 9.14. The van der Waals surface area contributed by atoms with Gasteiger partial charge in [0.1, 0.15) is 6.61 Å². The summed E-state index contributed by atoms with van der Waals surface area (Å²) in [7, 11) is 0. The Bertz CT molecular complexity index is 803. The monoisotopic (exact) mass is 364 g/mol. The molecule has 27 heavy (non-hydrogen) atoms. The molecule has 0 saturated carbocycles. The lowest BCUT2D eigenvalue weighted by Crippen LogP contribution is -2.36. The van der Waals surface area contributed by atoms with Crippen molar-refractivity contribution < 1.29 is 14.3 Å². The van der Waals surface area contributed by atoms with Crippen molar-refractivity contribution in [3.8, 4) is 0 Å². The van der Waals surface area contributed by atoms with Crippen molar-refractivity contribution in [2.24, 2.45) is 11.7 Å². The van der Waals surface area contributed by atoms with Crippen molar-refractivity contribution in [3.05, 3.63) is 77.9 Å². The zero-order valence-electron chi connectivity index (χ0n) is 15.2. The molecule has 3 rings (SSSR count). The van der Waals surface area contributed by atoms with Gasteiger partial charge in [-0.2, -0.15) is 0 Å². The number of carbonyl (C=O) groups excluding carboxylic acids is 2. The molecule has 1 unspecified atom stereocenters. The summed E-state index contributed by atoms with van der Waals surface area (Å²) >= 11 is 0. The number of amides is 1. The zero-order valence-corrected chi connectivity index (χ0v) is 15.2. The Hall–Kier alpha value is -2.92. The predicted octanol–water partition coefficient (Wildman–Crippen LogP) is 3.06. The molecule has 0 fully saturated rings. The van der Waals surface area contributed by atoms with Crippen LogP contribution in [0.2, 0.25) is 0 Å². The van der Waals surface area contributed by atoms with Crippen LogP contribution in [0.5, 0.6) is 0 Å². The van der Waals surface area contributed by atoms with E-state index in [1.807, 2.05) is 66.7 Å². The molecule has 2 aromatic carbocycles. The maximum atomic E-state index is 13.0. The van der Waals surface area contributed by atoms with Crippen LogP contribution in [0.1, 0.15) is 18.4 Å². The predicted molar refractivity (Wildman–Crippen MR) is 105 cm³/mol. The number of carbonyl (C=O) groups is 2. The third kappa shape index (κ3) is 5.05. The Morgan fingerprint density at radius 3 is 2.41 bits per heavy atom. The summed E-state index contributed by atoms with van der Waals surface area (Å²) in [6, 6.07) is 19.0. The van der Waals surface area contributed by atoms with Crippen molar-refractivity contribution >= 4 is 17.6 Å². The molecule has 0 aliphatic carbocycles. The molecule has 5 heteroatoms. The van der Waals surface area contributed by atoms with Crippen molar-refractivity contribution in [1.29, 1.82) is 0 Å². The van der Waals surface area contributed by atoms with Crippen LogP contribution < -0.4 is 10.6 Å². The van der Waals surface area contributed by atoms with Gasteiger partial charge in [-0.05, 0) is 24.1 Å². The van der Waals surface area contributed by atoms with E-state index in [2.05, 4.69) is 0 Å². The van der Waals surface area contributed by atoms with Gasteiger partial charge in [0.2, 0.25) is 5.91 Å². The lowest BCUT2D eigenvalue weighted by molar-refractivity contribution is -0.147. The van der Waals surface area contributed by atoms with E-state index in [0.29, 0.717) is 19.5 Å². The van der Waals surface area contributed by atoms with E-state index in [9.17, 15) is 9.59 Å². The fraction of sp³-hybridized carbons (Fsp3) is 0.273. The minimum absolute atomic E-state index is 0.0124. The van der Waals surface area contributed by atoms with Gasteiger partial charge in [-0.15, -0.1) is 0 Å². The average molecular weight is 364 g/mol. The molecule has 1 aliphatic rings. The highest BCUT2D eigenvalue weighted by Crippen LogP contribution is 2.25. The van der Waals surface area contributed by atoms with Crippen LogP contribution in [0.4, 0.5) is 5.69 Å². The maximum Gasteiger partial charge on any atom is 0.307 e. The number of rotatable bonds is 6. The highest BCUT2D eigenvalue weighted by molar-refractivity contribution is 5.98. The Morgan fingerprint density at radius 1 is 1.07 bits per heavy atom. The van der Waals surface area contributed by atoms with Gasteiger partial charge in [0.15, 0.2) is 0 Å². The van der Waals surface area contributed by atoms with Crippen LogP contribution >= 0.6 is 0 Å². The van der Waals surface area contributed by atoms with Gasteiger partial charge in [-0.3, -0.25) is 9.59 Å². The van der Waals surface area contributed by atoms with E-state index in [1.165, 1.54) is 0 Å². The molecular weight excluding hydrogens is 340 g/mol. The molecular formula is C22H24N2O3. The Labute approximate surface area is 159 Å². The SMILES string of the molecule is NCC1=CC(CC(=O)OCc2ccccc2)C(=O)N(c2ccccc2)CC1. The summed E-state index contributed by atoms with van der Waals surface area (Å²) in [5, 5.41) is 0. The van der Waals surface area contributed by atoms with E-state index in [4.69, 9.17) is 10.5 Å². The fourth-order valence-electron chi connectivity index (χ4n) is 3.16. The molecule has 0 radical (unpaired) electrons. The van der Waals surface area contributed by atoms with Gasteiger partial charge < -0.3 is 15.4 Å². The summed E-state index contributed by atoms with van der Waals surface area (Å²) in [6.45, 7) is 1.14. The molecule has 0 saturated heterocycles. The Morgan fingerprint density at radius 2 is 1.74 bits per heavy atom. The van der Waals surface area contributed by atoms with Crippen molar-refractivity contribution in [3.63, 3.8) is 0 Å². The van der Waals surface area contributed by atoms with E-state index in [1.54, 1.807) is 4.90 Å². The quantitative estimate of drug-likeness (QED) is 0.632. The maximum absolute atomic E-state index is 13.0. The number of nitrogens with zero attached hydrogens (tertiary/aromatic N) is 1. The smallest absolute Gasteiger partial charge is 0.307 e. The number of ether oxygens (including phenoxy) is 1. The second-order valence-electron chi connectivity index (χ2n) is 6.56. The van der Waals surface area contributed by atoms with Gasteiger partial charge >= 0.3 is 5.97 Å². The average Bonchev–Trinajstić information content (AvgIpc) is 2.87. The number of anilines is 1. The molecule has 1 aliphatic heterocycles. The highest BCUT2D eigenvalue weighted by Gasteiger charge is 2.29. The third-order valence-electron chi connectivity index (χ3n) is 4.64. The minimum Gasteiger partial charge on any atom is -0.461 e. The molecule has 0 spiro atoms. The fourth-order valence-corrected chi connectivity index (χ4v) is 3.16. The molecule has 1 atom stereocenters. The van der Waals surface area contributed by atoms with Crippen molar-refractivity contribution in [2.45, 2.75) is 19.4 Å².